The van der Waals surface area contributed by atoms with Crippen molar-refractivity contribution in [3.05, 3.63) is 176 Å². The van der Waals surface area contributed by atoms with Gasteiger partial charge in [0.15, 0.2) is 5.82 Å². The molecule has 0 aliphatic heterocycles. The number of benzene rings is 7. The van der Waals surface area contributed by atoms with Crippen LogP contribution in [0, 0.1) is 0 Å². The Morgan fingerprint density at radius 1 is 0.400 bits per heavy atom. The Balaban J connectivity index is 1.10. The van der Waals surface area contributed by atoms with Crippen LogP contribution in [0.15, 0.2) is 180 Å². The minimum atomic E-state index is 0.691. The molecule has 0 saturated carbocycles. The Labute approximate surface area is 288 Å². The Hall–Kier alpha value is -6.78. The molecule has 10 aromatic rings. The summed E-state index contributed by atoms with van der Waals surface area (Å²) in [4.78, 5) is 10.2. The van der Waals surface area contributed by atoms with Crippen LogP contribution < -0.4 is 0 Å². The van der Waals surface area contributed by atoms with Gasteiger partial charge in [0.2, 0.25) is 0 Å². The second kappa shape index (κ2) is 11.4. The fourth-order valence-electron chi connectivity index (χ4n) is 7.26. The van der Waals surface area contributed by atoms with E-state index in [1.54, 1.807) is 0 Å². The first-order valence-corrected chi connectivity index (χ1v) is 16.8. The van der Waals surface area contributed by atoms with Gasteiger partial charge in [0, 0.05) is 49.5 Å². The number of aromatic nitrogens is 3. The Bertz CT molecular complexity index is 2810. The molecule has 10 rings (SSSR count). The molecule has 7 aromatic carbocycles. The lowest BCUT2D eigenvalue weighted by Gasteiger charge is -2.12. The van der Waals surface area contributed by atoms with Crippen molar-refractivity contribution in [3.8, 4) is 50.7 Å². The summed E-state index contributed by atoms with van der Waals surface area (Å²) in [5.41, 5.74) is 12.2. The van der Waals surface area contributed by atoms with E-state index in [0.717, 1.165) is 66.8 Å². The van der Waals surface area contributed by atoms with Crippen LogP contribution in [0.1, 0.15) is 0 Å². The van der Waals surface area contributed by atoms with E-state index in [2.05, 4.69) is 150 Å². The van der Waals surface area contributed by atoms with Crippen molar-refractivity contribution >= 4 is 43.7 Å². The summed E-state index contributed by atoms with van der Waals surface area (Å²) in [7, 11) is 0. The van der Waals surface area contributed by atoms with Gasteiger partial charge in [-0.05, 0) is 42.0 Å². The summed E-state index contributed by atoms with van der Waals surface area (Å²) in [5, 5.41) is 4.73. The van der Waals surface area contributed by atoms with Crippen molar-refractivity contribution in [1.82, 2.24) is 14.5 Å². The van der Waals surface area contributed by atoms with Crippen LogP contribution in [0.25, 0.3) is 94.5 Å². The molecule has 0 aliphatic carbocycles. The third-order valence-corrected chi connectivity index (χ3v) is 9.63. The minimum absolute atomic E-state index is 0.691. The quantitative estimate of drug-likeness (QED) is 0.188. The molecule has 0 amide bonds. The van der Waals surface area contributed by atoms with Gasteiger partial charge in [-0.15, -0.1) is 0 Å². The maximum atomic E-state index is 6.34. The van der Waals surface area contributed by atoms with Crippen molar-refractivity contribution in [2.75, 3.05) is 0 Å². The van der Waals surface area contributed by atoms with Gasteiger partial charge in [-0.1, -0.05) is 140 Å². The van der Waals surface area contributed by atoms with Crippen molar-refractivity contribution < 1.29 is 4.42 Å². The molecular weight excluding hydrogens is 611 g/mol. The standard InChI is InChI=1S/C46H29N3O/c1-2-12-32(13-3-1)46-47-40(31-26-24-30(25-27-31)35-19-11-20-39-38-18-6-9-23-44(38)50-45(35)39)29-41(48-46)33-14-10-15-34(28-33)49-42-21-7-4-16-36(42)37-17-5-8-22-43(37)49/h1-29H. The second-order valence-corrected chi connectivity index (χ2v) is 12.6. The first-order valence-electron chi connectivity index (χ1n) is 16.8. The maximum Gasteiger partial charge on any atom is 0.160 e. The average Bonchev–Trinajstić information content (AvgIpc) is 3.74. The zero-order chi connectivity index (χ0) is 33.0. The predicted octanol–water partition coefficient (Wildman–Crippen LogP) is 12.1. The van der Waals surface area contributed by atoms with Crippen LogP contribution in [-0.4, -0.2) is 14.5 Å². The molecule has 0 fully saturated rings. The number of hydrogen-bond donors (Lipinski definition) is 0. The first-order chi connectivity index (χ1) is 24.8. The van der Waals surface area contributed by atoms with Gasteiger partial charge in [-0.2, -0.15) is 0 Å². The molecule has 0 spiro atoms. The van der Waals surface area contributed by atoms with Crippen molar-refractivity contribution in [3.63, 3.8) is 0 Å². The smallest absolute Gasteiger partial charge is 0.160 e. The van der Waals surface area contributed by atoms with E-state index in [4.69, 9.17) is 14.4 Å². The van der Waals surface area contributed by atoms with Gasteiger partial charge in [-0.3, -0.25) is 0 Å². The summed E-state index contributed by atoms with van der Waals surface area (Å²) in [6, 6.07) is 61.3. The fourth-order valence-corrected chi connectivity index (χ4v) is 7.26. The number of rotatable bonds is 5. The highest BCUT2D eigenvalue weighted by Gasteiger charge is 2.16. The van der Waals surface area contributed by atoms with E-state index in [-0.39, 0.29) is 0 Å². The molecule has 0 atom stereocenters. The predicted molar refractivity (Wildman–Crippen MR) is 205 cm³/mol. The molecule has 3 aromatic heterocycles. The molecule has 4 heteroatoms. The molecule has 0 N–H and O–H groups in total. The lowest BCUT2D eigenvalue weighted by atomic mass is 9.99. The molecule has 50 heavy (non-hydrogen) atoms. The lowest BCUT2D eigenvalue weighted by Crippen LogP contribution is -1.97. The third-order valence-electron chi connectivity index (χ3n) is 9.63. The van der Waals surface area contributed by atoms with E-state index in [9.17, 15) is 0 Å². The van der Waals surface area contributed by atoms with Crippen molar-refractivity contribution in [2.24, 2.45) is 0 Å². The molecule has 0 bridgehead atoms. The third kappa shape index (κ3) is 4.61. The number of para-hydroxylation sites is 4. The van der Waals surface area contributed by atoms with Crippen LogP contribution in [0.4, 0.5) is 0 Å². The van der Waals surface area contributed by atoms with E-state index in [1.165, 1.54) is 21.8 Å². The number of nitrogens with zero attached hydrogens (tertiary/aromatic N) is 3. The van der Waals surface area contributed by atoms with Crippen LogP contribution in [0.2, 0.25) is 0 Å². The Kier molecular flexibility index (Phi) is 6.46. The summed E-state index contributed by atoms with van der Waals surface area (Å²) in [6.07, 6.45) is 0. The largest absolute Gasteiger partial charge is 0.455 e. The normalized spacial score (nSPS) is 11.6. The molecule has 3 heterocycles. The molecule has 0 saturated heterocycles. The molecule has 0 radical (unpaired) electrons. The highest BCUT2D eigenvalue weighted by Crippen LogP contribution is 2.37. The maximum absolute atomic E-state index is 6.34. The van der Waals surface area contributed by atoms with Gasteiger partial charge in [-0.25, -0.2) is 9.97 Å². The van der Waals surface area contributed by atoms with Crippen LogP contribution in [0.3, 0.4) is 0 Å². The molecule has 0 unspecified atom stereocenters. The van der Waals surface area contributed by atoms with Gasteiger partial charge < -0.3 is 8.98 Å². The monoisotopic (exact) mass is 639 g/mol. The lowest BCUT2D eigenvalue weighted by molar-refractivity contribution is 0.670. The van der Waals surface area contributed by atoms with Crippen LogP contribution in [-0.2, 0) is 0 Å². The number of fused-ring (bicyclic) bond motifs is 6. The zero-order valence-electron chi connectivity index (χ0n) is 27.0. The van der Waals surface area contributed by atoms with E-state index < -0.39 is 0 Å². The summed E-state index contributed by atoms with van der Waals surface area (Å²) in [5.74, 6) is 0.691. The van der Waals surface area contributed by atoms with Crippen molar-refractivity contribution in [1.29, 1.82) is 0 Å². The van der Waals surface area contributed by atoms with Crippen LogP contribution in [0.5, 0.6) is 0 Å². The fraction of sp³-hybridized carbons (Fsp3) is 0. The van der Waals surface area contributed by atoms with E-state index in [0.29, 0.717) is 5.82 Å². The summed E-state index contributed by atoms with van der Waals surface area (Å²) < 4.78 is 8.69. The number of hydrogen-bond acceptors (Lipinski definition) is 3. The molecule has 234 valence electrons. The van der Waals surface area contributed by atoms with E-state index >= 15 is 0 Å². The zero-order valence-corrected chi connectivity index (χ0v) is 27.0. The second-order valence-electron chi connectivity index (χ2n) is 12.6. The average molecular weight is 640 g/mol. The summed E-state index contributed by atoms with van der Waals surface area (Å²) >= 11 is 0. The summed E-state index contributed by atoms with van der Waals surface area (Å²) in [6.45, 7) is 0. The molecular formula is C46H29N3O. The van der Waals surface area contributed by atoms with Gasteiger partial charge in [0.1, 0.15) is 11.2 Å². The topological polar surface area (TPSA) is 43.9 Å². The highest BCUT2D eigenvalue weighted by molar-refractivity contribution is 6.10. The highest BCUT2D eigenvalue weighted by atomic mass is 16.3. The first kappa shape index (κ1) is 28.3. The van der Waals surface area contributed by atoms with Crippen LogP contribution >= 0.6 is 0 Å². The minimum Gasteiger partial charge on any atom is -0.455 e. The Morgan fingerprint density at radius 2 is 0.980 bits per heavy atom. The van der Waals surface area contributed by atoms with Crippen molar-refractivity contribution in [2.45, 2.75) is 0 Å². The number of furan rings is 1. The Morgan fingerprint density at radius 3 is 1.74 bits per heavy atom. The molecule has 4 nitrogen and oxygen atoms in total. The SMILES string of the molecule is c1ccc(-c2nc(-c3ccc(-c4cccc5c4oc4ccccc45)cc3)cc(-c3cccc(-n4c5ccccc5c5ccccc54)c3)n2)cc1. The van der Waals surface area contributed by atoms with Gasteiger partial charge in [0.05, 0.1) is 22.4 Å². The van der Waals surface area contributed by atoms with Gasteiger partial charge in [0.25, 0.3) is 0 Å². The van der Waals surface area contributed by atoms with E-state index in [1.807, 2.05) is 30.3 Å². The van der Waals surface area contributed by atoms with Gasteiger partial charge >= 0.3 is 0 Å². The molecule has 0 aliphatic rings.